The van der Waals surface area contributed by atoms with Gasteiger partial charge < -0.3 is 16.0 Å². The number of fused-ring (bicyclic) bond motifs is 1. The summed E-state index contributed by atoms with van der Waals surface area (Å²) < 4.78 is 0. The van der Waals surface area contributed by atoms with Crippen LogP contribution < -0.4 is 11.1 Å². The van der Waals surface area contributed by atoms with Gasteiger partial charge in [0.15, 0.2) is 0 Å². The largest absolute Gasteiger partial charge is 0.384 e. The smallest absolute Gasteiger partial charge is 0.253 e. The first-order valence-corrected chi connectivity index (χ1v) is 6.43. The number of aromatic nitrogens is 4. The number of hydrogen-bond acceptors (Lipinski definition) is 5. The molecule has 0 unspecified atom stereocenters. The van der Waals surface area contributed by atoms with Crippen molar-refractivity contribution in [1.29, 1.82) is 0 Å². The molecule has 0 bridgehead atoms. The molecule has 0 aromatic carbocycles. The lowest BCUT2D eigenvalue weighted by Gasteiger charge is -2.05. The molecule has 0 fully saturated rings. The molecule has 21 heavy (non-hydrogen) atoms. The fraction of sp³-hybridized carbons (Fsp3) is 0.143. The molecule has 0 radical (unpaired) electrons. The molecular weight excluding hydrogens is 268 g/mol. The molecule has 0 aliphatic carbocycles. The number of aromatic amines is 1. The van der Waals surface area contributed by atoms with E-state index < -0.39 is 0 Å². The first-order chi connectivity index (χ1) is 10.1. The molecule has 3 aromatic rings. The van der Waals surface area contributed by atoms with Crippen molar-refractivity contribution >= 4 is 22.8 Å². The molecule has 106 valence electrons. The predicted octanol–water partition coefficient (Wildman–Crippen LogP) is 1.17. The van der Waals surface area contributed by atoms with Crippen molar-refractivity contribution in [2.75, 3.05) is 5.73 Å². The van der Waals surface area contributed by atoms with Gasteiger partial charge in [0.1, 0.15) is 17.3 Å². The third-order valence-corrected chi connectivity index (χ3v) is 3.13. The summed E-state index contributed by atoms with van der Waals surface area (Å²) in [6, 6.07) is 3.40. The normalized spacial score (nSPS) is 10.7. The number of nitrogens with zero attached hydrogens (tertiary/aromatic N) is 3. The summed E-state index contributed by atoms with van der Waals surface area (Å²) in [5, 5.41) is 3.68. The quantitative estimate of drug-likeness (QED) is 0.668. The summed E-state index contributed by atoms with van der Waals surface area (Å²) in [7, 11) is 0. The maximum absolute atomic E-state index is 12.1. The van der Waals surface area contributed by atoms with Gasteiger partial charge in [-0.15, -0.1) is 0 Å². The average molecular weight is 282 g/mol. The SMILES string of the molecule is Cc1c[nH]c2ncc(C(=O)NCc3nccc(N)n3)cc12. The zero-order valence-electron chi connectivity index (χ0n) is 11.4. The first kappa shape index (κ1) is 13.0. The van der Waals surface area contributed by atoms with Crippen LogP contribution in [-0.4, -0.2) is 25.8 Å². The zero-order chi connectivity index (χ0) is 14.8. The minimum atomic E-state index is -0.226. The number of rotatable bonds is 3. The maximum Gasteiger partial charge on any atom is 0.253 e. The van der Waals surface area contributed by atoms with Crippen molar-refractivity contribution in [3.63, 3.8) is 0 Å². The number of pyridine rings is 1. The van der Waals surface area contributed by atoms with Gasteiger partial charge in [-0.1, -0.05) is 0 Å². The van der Waals surface area contributed by atoms with E-state index in [0.717, 1.165) is 16.6 Å². The third kappa shape index (κ3) is 2.66. The van der Waals surface area contributed by atoms with Crippen LogP contribution in [0.3, 0.4) is 0 Å². The lowest BCUT2D eigenvalue weighted by molar-refractivity contribution is 0.0949. The van der Waals surface area contributed by atoms with Crippen LogP contribution in [0.25, 0.3) is 11.0 Å². The Morgan fingerprint density at radius 2 is 2.29 bits per heavy atom. The number of nitrogens with two attached hydrogens (primary N) is 1. The van der Waals surface area contributed by atoms with Gasteiger partial charge >= 0.3 is 0 Å². The van der Waals surface area contributed by atoms with Gasteiger partial charge in [0.05, 0.1) is 12.1 Å². The Morgan fingerprint density at radius 1 is 1.43 bits per heavy atom. The summed E-state index contributed by atoms with van der Waals surface area (Å²) in [6.07, 6.45) is 4.95. The summed E-state index contributed by atoms with van der Waals surface area (Å²) >= 11 is 0. The number of amides is 1. The van der Waals surface area contributed by atoms with E-state index in [1.165, 1.54) is 6.20 Å². The van der Waals surface area contributed by atoms with Crippen LogP contribution in [0, 0.1) is 6.92 Å². The monoisotopic (exact) mass is 282 g/mol. The summed E-state index contributed by atoms with van der Waals surface area (Å²) in [5.74, 6) is 0.617. The minimum absolute atomic E-state index is 0.216. The van der Waals surface area contributed by atoms with Gasteiger partial charge in [-0.05, 0) is 24.6 Å². The van der Waals surface area contributed by atoms with Crippen LogP contribution in [0.2, 0.25) is 0 Å². The highest BCUT2D eigenvalue weighted by molar-refractivity contribution is 5.97. The molecule has 3 rings (SSSR count). The van der Waals surface area contributed by atoms with Crippen molar-refractivity contribution in [1.82, 2.24) is 25.3 Å². The Bertz CT molecular complexity index is 810. The van der Waals surface area contributed by atoms with Crippen molar-refractivity contribution in [3.05, 3.63) is 47.7 Å². The zero-order valence-corrected chi connectivity index (χ0v) is 11.4. The van der Waals surface area contributed by atoms with Gasteiger partial charge in [-0.2, -0.15) is 0 Å². The molecule has 0 saturated heterocycles. The number of aryl methyl sites for hydroxylation is 1. The van der Waals surface area contributed by atoms with E-state index in [2.05, 4.69) is 25.3 Å². The van der Waals surface area contributed by atoms with E-state index >= 15 is 0 Å². The number of H-pyrrole nitrogens is 1. The van der Waals surface area contributed by atoms with E-state index in [-0.39, 0.29) is 12.5 Å². The molecule has 3 aromatic heterocycles. The van der Waals surface area contributed by atoms with Gasteiger partial charge in [0.25, 0.3) is 5.91 Å². The fourth-order valence-electron chi connectivity index (χ4n) is 2.02. The van der Waals surface area contributed by atoms with E-state index in [4.69, 9.17) is 5.73 Å². The molecule has 1 amide bonds. The fourth-order valence-corrected chi connectivity index (χ4v) is 2.02. The second kappa shape index (κ2) is 5.20. The molecule has 0 spiro atoms. The second-order valence-electron chi connectivity index (χ2n) is 4.67. The van der Waals surface area contributed by atoms with Crippen LogP contribution in [0.15, 0.2) is 30.7 Å². The minimum Gasteiger partial charge on any atom is -0.384 e. The third-order valence-electron chi connectivity index (χ3n) is 3.13. The lowest BCUT2D eigenvalue weighted by atomic mass is 10.2. The molecule has 3 heterocycles. The van der Waals surface area contributed by atoms with Crippen LogP contribution in [-0.2, 0) is 6.54 Å². The van der Waals surface area contributed by atoms with E-state index in [1.807, 2.05) is 19.2 Å². The Labute approximate surface area is 120 Å². The average Bonchev–Trinajstić information content (AvgIpc) is 2.86. The molecule has 7 heteroatoms. The molecule has 4 N–H and O–H groups in total. The molecule has 7 nitrogen and oxygen atoms in total. The standard InChI is InChI=1S/C14H14N6O/c1-8-5-17-13-10(8)4-9(6-18-13)14(21)19-7-12-16-3-2-11(15)20-12/h2-6H,7H2,1H3,(H,17,18)(H,19,21)(H2,15,16,20). The Kier molecular flexibility index (Phi) is 3.23. The van der Waals surface area contributed by atoms with Crippen molar-refractivity contribution in [2.45, 2.75) is 13.5 Å². The number of carbonyl (C=O) groups is 1. The van der Waals surface area contributed by atoms with Crippen molar-refractivity contribution < 1.29 is 4.79 Å². The first-order valence-electron chi connectivity index (χ1n) is 6.43. The number of carbonyl (C=O) groups excluding carboxylic acids is 1. The number of nitrogens with one attached hydrogen (secondary N) is 2. The highest BCUT2D eigenvalue weighted by Gasteiger charge is 2.09. The van der Waals surface area contributed by atoms with Crippen LogP contribution in [0.1, 0.15) is 21.7 Å². The molecular formula is C14H14N6O. The molecule has 0 aliphatic heterocycles. The van der Waals surface area contributed by atoms with Gasteiger partial charge in [0.2, 0.25) is 0 Å². The summed E-state index contributed by atoms with van der Waals surface area (Å²) in [5.41, 5.74) is 7.87. The maximum atomic E-state index is 12.1. The van der Waals surface area contributed by atoms with E-state index in [0.29, 0.717) is 17.2 Å². The van der Waals surface area contributed by atoms with Crippen LogP contribution >= 0.6 is 0 Å². The highest BCUT2D eigenvalue weighted by Crippen LogP contribution is 2.16. The van der Waals surface area contributed by atoms with Crippen LogP contribution in [0.5, 0.6) is 0 Å². The summed E-state index contributed by atoms with van der Waals surface area (Å²) in [4.78, 5) is 27.5. The second-order valence-corrected chi connectivity index (χ2v) is 4.67. The Morgan fingerprint density at radius 3 is 3.10 bits per heavy atom. The van der Waals surface area contributed by atoms with Crippen molar-refractivity contribution in [3.8, 4) is 0 Å². The lowest BCUT2D eigenvalue weighted by Crippen LogP contribution is -2.24. The van der Waals surface area contributed by atoms with E-state index in [1.54, 1.807) is 12.3 Å². The molecule has 0 atom stereocenters. The number of anilines is 1. The van der Waals surface area contributed by atoms with Gasteiger partial charge in [-0.3, -0.25) is 4.79 Å². The number of nitrogen functional groups attached to an aromatic ring is 1. The van der Waals surface area contributed by atoms with Gasteiger partial charge in [0, 0.05) is 24.0 Å². The van der Waals surface area contributed by atoms with Crippen LogP contribution in [0.4, 0.5) is 5.82 Å². The molecule has 0 aliphatic rings. The Balaban J connectivity index is 1.76. The Hall–Kier alpha value is -2.96. The highest BCUT2D eigenvalue weighted by atomic mass is 16.1. The van der Waals surface area contributed by atoms with Crippen molar-refractivity contribution in [2.24, 2.45) is 0 Å². The number of hydrogen-bond donors (Lipinski definition) is 3. The topological polar surface area (TPSA) is 110 Å². The van der Waals surface area contributed by atoms with E-state index in [9.17, 15) is 4.79 Å². The predicted molar refractivity (Wildman–Crippen MR) is 78.4 cm³/mol. The molecule has 0 saturated carbocycles. The summed E-state index contributed by atoms with van der Waals surface area (Å²) in [6.45, 7) is 2.18. The van der Waals surface area contributed by atoms with Gasteiger partial charge in [-0.25, -0.2) is 15.0 Å².